The number of ether oxygens (including phenoxy) is 1. The average molecular weight is 443 g/mol. The van der Waals surface area contributed by atoms with Gasteiger partial charge in [-0.05, 0) is 0 Å². The molecule has 14 nitrogen and oxygen atoms in total. The molecule has 1 saturated heterocycles. The van der Waals surface area contributed by atoms with E-state index >= 15 is 0 Å². The number of nitrogen functional groups attached to an aromatic ring is 1. The van der Waals surface area contributed by atoms with Crippen molar-refractivity contribution in [1.29, 1.82) is 0 Å². The van der Waals surface area contributed by atoms with Crippen LogP contribution in [0.3, 0.4) is 0 Å². The second-order valence-electron chi connectivity index (χ2n) is 6.09. The van der Waals surface area contributed by atoms with Crippen molar-refractivity contribution in [2.75, 3.05) is 5.73 Å². The van der Waals surface area contributed by atoms with Crippen molar-refractivity contribution >= 4 is 32.2 Å². The van der Waals surface area contributed by atoms with E-state index in [-0.39, 0.29) is 17.0 Å². The maximum Gasteiger partial charge on any atom is 0.343 e. The number of aliphatic hydroxyl groups is 2. The number of alkyl halides is 1. The Balaban J connectivity index is 1.97. The summed E-state index contributed by atoms with van der Waals surface area (Å²) < 4.78 is 43.7. The van der Waals surface area contributed by atoms with E-state index in [0.717, 1.165) is 17.2 Å². The van der Waals surface area contributed by atoms with Crippen LogP contribution in [0.15, 0.2) is 12.7 Å². The SMILES string of the molecule is Nc1ncnc2c1ncn2[C@@H]1O[C@H](C(O)C(P(=O)(O)O)P(=O)(O)O)[C@@H](F)[C@H]1O. The highest BCUT2D eigenvalue weighted by atomic mass is 31.2. The Bertz CT molecular complexity index is 957. The fraction of sp³-hybridized carbons (Fsp3) is 0.545. The van der Waals surface area contributed by atoms with Crippen LogP contribution in [0, 0.1) is 0 Å². The highest BCUT2D eigenvalue weighted by molar-refractivity contribution is 7.71. The highest BCUT2D eigenvalue weighted by Gasteiger charge is 2.57. The molecule has 0 radical (unpaired) electrons. The number of fused-ring (bicyclic) bond motifs is 1. The smallest absolute Gasteiger partial charge is 0.343 e. The Morgan fingerprint density at radius 3 is 2.36 bits per heavy atom. The van der Waals surface area contributed by atoms with Gasteiger partial charge in [0.15, 0.2) is 29.3 Å². The summed E-state index contributed by atoms with van der Waals surface area (Å²) in [4.78, 5) is 48.2. The van der Waals surface area contributed by atoms with E-state index in [9.17, 15) is 43.3 Å². The Labute approximate surface area is 155 Å². The van der Waals surface area contributed by atoms with Crippen molar-refractivity contribution in [2.24, 2.45) is 0 Å². The molecule has 0 aromatic carbocycles. The van der Waals surface area contributed by atoms with E-state index in [1.165, 1.54) is 0 Å². The molecule has 8 N–H and O–H groups in total. The van der Waals surface area contributed by atoms with Crippen LogP contribution in [0.1, 0.15) is 6.23 Å². The minimum atomic E-state index is -5.58. The first-order valence-corrected chi connectivity index (χ1v) is 10.9. The number of hydrogen-bond donors (Lipinski definition) is 7. The average Bonchev–Trinajstić information content (AvgIpc) is 3.08. The fourth-order valence-corrected chi connectivity index (χ4v) is 5.69. The largest absolute Gasteiger partial charge is 0.389 e. The summed E-state index contributed by atoms with van der Waals surface area (Å²) in [5, 5.41) is 17.3. The molecule has 2 aromatic heterocycles. The summed E-state index contributed by atoms with van der Waals surface area (Å²) in [6, 6.07) is 0. The number of hydrogen-bond acceptors (Lipinski definition) is 9. The number of rotatable bonds is 5. The van der Waals surface area contributed by atoms with Gasteiger partial charge in [0.05, 0.1) is 6.33 Å². The van der Waals surface area contributed by atoms with Crippen molar-refractivity contribution in [3.8, 4) is 0 Å². The molecule has 0 bridgehead atoms. The molecule has 1 fully saturated rings. The second-order valence-corrected chi connectivity index (χ2v) is 9.97. The second kappa shape index (κ2) is 7.06. The van der Waals surface area contributed by atoms with Crippen LogP contribution in [0.4, 0.5) is 10.2 Å². The minimum absolute atomic E-state index is 0.0207. The lowest BCUT2D eigenvalue weighted by Crippen LogP contribution is -2.42. The van der Waals surface area contributed by atoms with Crippen LogP contribution in [-0.4, -0.2) is 79.2 Å². The lowest BCUT2D eigenvalue weighted by Gasteiger charge is -2.28. The number of nitrogens with two attached hydrogens (primary N) is 1. The molecular formula is C11H16FN5O9P2. The van der Waals surface area contributed by atoms with E-state index in [2.05, 4.69) is 15.0 Å². The summed E-state index contributed by atoms with van der Waals surface area (Å²) in [5.41, 5.74) is 5.75. The monoisotopic (exact) mass is 443 g/mol. The third kappa shape index (κ3) is 3.56. The van der Waals surface area contributed by atoms with Crippen LogP contribution >= 0.6 is 15.2 Å². The molecule has 28 heavy (non-hydrogen) atoms. The van der Waals surface area contributed by atoms with Gasteiger partial charge in [-0.1, -0.05) is 0 Å². The highest BCUT2D eigenvalue weighted by Crippen LogP contribution is 2.62. The molecule has 0 aliphatic carbocycles. The van der Waals surface area contributed by atoms with Gasteiger partial charge >= 0.3 is 15.2 Å². The number of nitrogens with zero attached hydrogens (tertiary/aromatic N) is 4. The topological polar surface area (TPSA) is 234 Å². The predicted octanol–water partition coefficient (Wildman–Crippen LogP) is -1.95. The molecule has 17 heteroatoms. The van der Waals surface area contributed by atoms with Gasteiger partial charge in [0, 0.05) is 0 Å². The summed E-state index contributed by atoms with van der Waals surface area (Å²) >= 11 is 0. The number of aliphatic hydroxyl groups excluding tert-OH is 2. The molecule has 5 atom stereocenters. The first-order chi connectivity index (χ1) is 12.8. The van der Waals surface area contributed by atoms with Crippen molar-refractivity contribution in [2.45, 2.75) is 36.1 Å². The third-order valence-electron chi connectivity index (χ3n) is 4.22. The number of imidazole rings is 1. The zero-order valence-electron chi connectivity index (χ0n) is 13.7. The molecule has 3 heterocycles. The van der Waals surface area contributed by atoms with Crippen molar-refractivity contribution in [1.82, 2.24) is 19.5 Å². The van der Waals surface area contributed by atoms with E-state index < -0.39 is 51.3 Å². The summed E-state index contributed by atoms with van der Waals surface area (Å²) in [6.45, 7) is 0. The summed E-state index contributed by atoms with van der Waals surface area (Å²) in [7, 11) is -11.2. The fourth-order valence-electron chi connectivity index (χ4n) is 2.99. The third-order valence-corrected chi connectivity index (χ3v) is 8.02. The van der Waals surface area contributed by atoms with E-state index in [1.54, 1.807) is 0 Å². The van der Waals surface area contributed by atoms with Crippen LogP contribution in [-0.2, 0) is 13.9 Å². The summed E-state index contributed by atoms with van der Waals surface area (Å²) in [6.07, 6.45) is -8.67. The van der Waals surface area contributed by atoms with Gasteiger partial charge in [-0.25, -0.2) is 19.3 Å². The van der Waals surface area contributed by atoms with Crippen LogP contribution in [0.25, 0.3) is 11.2 Å². The Kier molecular flexibility index (Phi) is 5.34. The zero-order chi connectivity index (χ0) is 21.0. The zero-order valence-corrected chi connectivity index (χ0v) is 15.5. The number of aromatic nitrogens is 4. The molecule has 156 valence electrons. The molecule has 2 aromatic rings. The lowest BCUT2D eigenvalue weighted by atomic mass is 10.1. The van der Waals surface area contributed by atoms with Gasteiger partial charge in [0.25, 0.3) is 0 Å². The van der Waals surface area contributed by atoms with Crippen molar-refractivity contribution in [3.05, 3.63) is 12.7 Å². The first-order valence-electron chi connectivity index (χ1n) is 7.53. The van der Waals surface area contributed by atoms with Gasteiger partial charge in [0.1, 0.15) is 30.2 Å². The van der Waals surface area contributed by atoms with E-state index in [1.807, 2.05) is 0 Å². The van der Waals surface area contributed by atoms with Crippen LogP contribution in [0.5, 0.6) is 0 Å². The molecule has 0 amide bonds. The first kappa shape index (κ1) is 21.2. The standard InChI is InChI=1S/C11H16FN5O9P2/c12-3-5(18)10(17-2-16-4-8(13)14-1-15-9(4)17)26-7(3)6(19)11(27(20,21)22)28(23,24)25/h1-3,5-7,10-11,18-19H,(H2,13,14,15)(H2,20,21,22)(H2,23,24,25)/t3-,5+,6?,7-,10+/m0/s1. The normalized spacial score (nSPS) is 27.6. The summed E-state index contributed by atoms with van der Waals surface area (Å²) in [5.74, 6) is -0.0207. The Hall–Kier alpha value is -1.54. The molecular weight excluding hydrogens is 427 g/mol. The molecule has 0 spiro atoms. The quantitative estimate of drug-likeness (QED) is 0.249. The Morgan fingerprint density at radius 2 is 1.79 bits per heavy atom. The molecule has 3 rings (SSSR count). The molecule has 1 aliphatic rings. The minimum Gasteiger partial charge on any atom is -0.389 e. The van der Waals surface area contributed by atoms with Crippen molar-refractivity contribution in [3.63, 3.8) is 0 Å². The number of halogens is 1. The van der Waals surface area contributed by atoms with Gasteiger partial charge in [0.2, 0.25) is 0 Å². The molecule has 1 aliphatic heterocycles. The van der Waals surface area contributed by atoms with Gasteiger partial charge < -0.3 is 40.3 Å². The maximum absolute atomic E-state index is 14.6. The molecule has 0 saturated carbocycles. The van der Waals surface area contributed by atoms with Gasteiger partial charge in [-0.3, -0.25) is 13.7 Å². The van der Waals surface area contributed by atoms with Crippen molar-refractivity contribution < 1.29 is 48.0 Å². The van der Waals surface area contributed by atoms with Gasteiger partial charge in [-0.2, -0.15) is 0 Å². The predicted molar refractivity (Wildman–Crippen MR) is 88.4 cm³/mol. The maximum atomic E-state index is 14.6. The van der Waals surface area contributed by atoms with E-state index in [0.29, 0.717) is 0 Å². The van der Waals surface area contributed by atoms with Gasteiger partial charge in [-0.15, -0.1) is 0 Å². The van der Waals surface area contributed by atoms with Crippen LogP contribution in [0.2, 0.25) is 0 Å². The lowest BCUT2D eigenvalue weighted by molar-refractivity contribution is -0.0764. The number of anilines is 1. The Morgan fingerprint density at radius 1 is 1.18 bits per heavy atom. The van der Waals surface area contributed by atoms with Crippen LogP contribution < -0.4 is 5.73 Å². The van der Waals surface area contributed by atoms with E-state index in [4.69, 9.17) is 10.5 Å². The molecule has 1 unspecified atom stereocenters.